The van der Waals surface area contributed by atoms with Crippen molar-refractivity contribution in [1.29, 1.82) is 0 Å². The Hall–Kier alpha value is -1.18. The summed E-state index contributed by atoms with van der Waals surface area (Å²) in [7, 11) is 1.38. The number of aliphatic hydroxyl groups excluding tert-OH is 1. The van der Waals surface area contributed by atoms with Crippen LogP contribution in [0.25, 0.3) is 0 Å². The van der Waals surface area contributed by atoms with Crippen molar-refractivity contribution in [1.82, 2.24) is 0 Å². The topological polar surface area (TPSA) is 64.7 Å². The minimum atomic E-state index is -4.76. The largest absolute Gasteiger partial charge is 0.573 e. The van der Waals surface area contributed by atoms with Crippen molar-refractivity contribution in [3.63, 3.8) is 0 Å². The molecule has 4 nitrogen and oxygen atoms in total. The Kier molecular flexibility index (Phi) is 6.96. The second kappa shape index (κ2) is 7.42. The number of hydrogen-bond donors (Lipinski definition) is 2. The fourth-order valence-electron chi connectivity index (χ4n) is 1.49. The first-order chi connectivity index (χ1) is 8.37. The number of nitrogens with two attached hydrogens (primary N) is 1. The van der Waals surface area contributed by atoms with Crippen molar-refractivity contribution < 1.29 is 27.8 Å². The fraction of sp³-hybridized carbons (Fsp3) is 0.455. The van der Waals surface area contributed by atoms with E-state index in [9.17, 15) is 13.2 Å². The zero-order valence-electron chi connectivity index (χ0n) is 10.1. The van der Waals surface area contributed by atoms with E-state index in [0.717, 1.165) is 12.1 Å². The number of halogens is 4. The van der Waals surface area contributed by atoms with Gasteiger partial charge in [-0.2, -0.15) is 0 Å². The summed E-state index contributed by atoms with van der Waals surface area (Å²) in [6.45, 7) is -0.172. The van der Waals surface area contributed by atoms with E-state index in [-0.39, 0.29) is 31.2 Å². The van der Waals surface area contributed by atoms with Gasteiger partial charge in [0.15, 0.2) is 0 Å². The van der Waals surface area contributed by atoms with Crippen molar-refractivity contribution in [3.8, 4) is 11.5 Å². The molecule has 0 fully saturated rings. The normalized spacial score (nSPS) is 12.5. The number of methoxy groups -OCH3 is 1. The zero-order valence-corrected chi connectivity index (χ0v) is 10.9. The van der Waals surface area contributed by atoms with Gasteiger partial charge in [0.25, 0.3) is 0 Å². The highest BCUT2D eigenvalue weighted by Crippen LogP contribution is 2.32. The smallest absolute Gasteiger partial charge is 0.496 e. The summed E-state index contributed by atoms with van der Waals surface area (Å²) in [5.41, 5.74) is 6.09. The van der Waals surface area contributed by atoms with Gasteiger partial charge in [0.2, 0.25) is 0 Å². The van der Waals surface area contributed by atoms with E-state index in [1.807, 2.05) is 0 Å². The Morgan fingerprint density at radius 3 is 2.47 bits per heavy atom. The van der Waals surface area contributed by atoms with Crippen LogP contribution < -0.4 is 15.2 Å². The molecule has 19 heavy (non-hydrogen) atoms. The molecule has 3 N–H and O–H groups in total. The summed E-state index contributed by atoms with van der Waals surface area (Å²) >= 11 is 0. The van der Waals surface area contributed by atoms with Gasteiger partial charge in [0, 0.05) is 18.2 Å². The molecule has 110 valence electrons. The van der Waals surface area contributed by atoms with E-state index < -0.39 is 12.4 Å². The van der Waals surface area contributed by atoms with Crippen LogP contribution in [0.3, 0.4) is 0 Å². The monoisotopic (exact) mass is 301 g/mol. The molecule has 0 unspecified atom stereocenters. The summed E-state index contributed by atoms with van der Waals surface area (Å²) in [6.07, 6.45) is -4.54. The molecular weight excluding hydrogens is 287 g/mol. The molecule has 8 heteroatoms. The Morgan fingerprint density at radius 1 is 1.37 bits per heavy atom. The summed E-state index contributed by atoms with van der Waals surface area (Å²) in [5, 5.41) is 8.79. The van der Waals surface area contributed by atoms with Crippen LogP contribution in [0.4, 0.5) is 13.2 Å². The zero-order chi connectivity index (χ0) is 13.8. The first-order valence-electron chi connectivity index (χ1n) is 5.17. The standard InChI is InChI=1S/C11H14F3NO3.ClH/c1-17-10-3-2-7(18-11(12,13)14)6-8(10)9(15)4-5-16;/h2-3,6,9,16H,4-5,15H2,1H3;1H/t9-;/m1./s1. The van der Waals surface area contributed by atoms with Gasteiger partial charge in [-0.15, -0.1) is 25.6 Å². The number of aliphatic hydroxyl groups is 1. The van der Waals surface area contributed by atoms with Gasteiger partial charge in [-0.25, -0.2) is 0 Å². The van der Waals surface area contributed by atoms with E-state index in [2.05, 4.69) is 4.74 Å². The molecule has 0 radical (unpaired) electrons. The summed E-state index contributed by atoms with van der Waals surface area (Å²) in [6, 6.07) is 3.02. The average molecular weight is 302 g/mol. The van der Waals surface area contributed by atoms with Crippen LogP contribution >= 0.6 is 12.4 Å². The molecule has 0 aromatic heterocycles. The molecule has 0 heterocycles. The summed E-state index contributed by atoms with van der Waals surface area (Å²) in [4.78, 5) is 0. The second-order valence-electron chi connectivity index (χ2n) is 3.57. The van der Waals surface area contributed by atoms with E-state index in [4.69, 9.17) is 15.6 Å². The molecule has 0 saturated carbocycles. The van der Waals surface area contributed by atoms with Gasteiger partial charge >= 0.3 is 6.36 Å². The highest BCUT2D eigenvalue weighted by Gasteiger charge is 2.31. The molecule has 0 bridgehead atoms. The lowest BCUT2D eigenvalue weighted by Gasteiger charge is -2.17. The third kappa shape index (κ3) is 5.54. The van der Waals surface area contributed by atoms with Crippen LogP contribution in [-0.4, -0.2) is 25.2 Å². The van der Waals surface area contributed by atoms with Gasteiger partial charge < -0.3 is 20.3 Å². The third-order valence-corrected chi connectivity index (χ3v) is 2.27. The molecule has 1 aromatic rings. The maximum Gasteiger partial charge on any atom is 0.573 e. The Morgan fingerprint density at radius 2 is 2.00 bits per heavy atom. The lowest BCUT2D eigenvalue weighted by Crippen LogP contribution is -2.18. The van der Waals surface area contributed by atoms with Crippen LogP contribution in [0.5, 0.6) is 11.5 Å². The highest BCUT2D eigenvalue weighted by atomic mass is 35.5. The number of hydrogen-bond acceptors (Lipinski definition) is 4. The molecular formula is C11H15ClF3NO3. The first-order valence-corrected chi connectivity index (χ1v) is 5.17. The lowest BCUT2D eigenvalue weighted by molar-refractivity contribution is -0.274. The Labute approximate surface area is 114 Å². The molecule has 1 atom stereocenters. The van der Waals surface area contributed by atoms with Crippen molar-refractivity contribution in [2.24, 2.45) is 5.73 Å². The van der Waals surface area contributed by atoms with Crippen LogP contribution in [-0.2, 0) is 0 Å². The van der Waals surface area contributed by atoms with Crippen molar-refractivity contribution >= 4 is 12.4 Å². The molecule has 0 aliphatic carbocycles. The van der Waals surface area contributed by atoms with Gasteiger partial charge in [-0.1, -0.05) is 0 Å². The quantitative estimate of drug-likeness (QED) is 0.876. The van der Waals surface area contributed by atoms with Crippen molar-refractivity contribution in [2.45, 2.75) is 18.8 Å². The minimum absolute atomic E-state index is 0. The summed E-state index contributed by atoms with van der Waals surface area (Å²) < 4.78 is 45.0. The number of rotatable bonds is 5. The van der Waals surface area contributed by atoms with Gasteiger partial charge in [0.05, 0.1) is 7.11 Å². The van der Waals surface area contributed by atoms with Gasteiger partial charge in [-0.05, 0) is 24.6 Å². The molecule has 0 spiro atoms. The summed E-state index contributed by atoms with van der Waals surface area (Å²) in [5.74, 6) is -0.0165. The van der Waals surface area contributed by atoms with E-state index in [1.54, 1.807) is 0 Å². The van der Waals surface area contributed by atoms with Crippen LogP contribution in [0.15, 0.2) is 18.2 Å². The maximum atomic E-state index is 12.1. The predicted molar refractivity (Wildman–Crippen MR) is 65.6 cm³/mol. The van der Waals surface area contributed by atoms with Crippen molar-refractivity contribution in [3.05, 3.63) is 23.8 Å². The molecule has 0 aliphatic rings. The lowest BCUT2D eigenvalue weighted by atomic mass is 10.0. The minimum Gasteiger partial charge on any atom is -0.496 e. The molecule has 1 aromatic carbocycles. The highest BCUT2D eigenvalue weighted by molar-refractivity contribution is 5.85. The third-order valence-electron chi connectivity index (χ3n) is 2.27. The van der Waals surface area contributed by atoms with E-state index >= 15 is 0 Å². The molecule has 0 aliphatic heterocycles. The van der Waals surface area contributed by atoms with Crippen LogP contribution in [0.1, 0.15) is 18.0 Å². The Balaban J connectivity index is 0.00000324. The van der Waals surface area contributed by atoms with Gasteiger partial charge in [0.1, 0.15) is 11.5 Å². The average Bonchev–Trinajstić information content (AvgIpc) is 2.27. The fourth-order valence-corrected chi connectivity index (χ4v) is 1.49. The number of alkyl halides is 3. The van der Waals surface area contributed by atoms with Crippen molar-refractivity contribution in [2.75, 3.05) is 13.7 Å². The molecule has 0 amide bonds. The van der Waals surface area contributed by atoms with Gasteiger partial charge in [-0.3, -0.25) is 0 Å². The predicted octanol–water partition coefficient (Wildman–Crippen LogP) is 2.40. The van der Waals surface area contributed by atoms with E-state index in [1.165, 1.54) is 13.2 Å². The Bertz CT molecular complexity index is 401. The number of benzene rings is 1. The van der Waals surface area contributed by atoms with E-state index in [0.29, 0.717) is 11.3 Å². The number of ether oxygens (including phenoxy) is 2. The second-order valence-corrected chi connectivity index (χ2v) is 3.57. The molecule has 1 rings (SSSR count). The molecule has 0 saturated heterocycles. The first kappa shape index (κ1) is 17.8. The van der Waals surface area contributed by atoms with Crippen LogP contribution in [0, 0.1) is 0 Å². The van der Waals surface area contributed by atoms with Crippen LogP contribution in [0.2, 0.25) is 0 Å². The maximum absolute atomic E-state index is 12.1. The SMILES string of the molecule is COc1ccc(OC(F)(F)F)cc1[C@H](N)CCO.Cl.